The van der Waals surface area contributed by atoms with Crippen molar-refractivity contribution < 1.29 is 9.53 Å². The highest BCUT2D eigenvalue weighted by molar-refractivity contribution is 5.91. The van der Waals surface area contributed by atoms with Gasteiger partial charge in [0.05, 0.1) is 0 Å². The molecule has 0 aliphatic rings. The van der Waals surface area contributed by atoms with E-state index in [0.29, 0.717) is 13.0 Å². The summed E-state index contributed by atoms with van der Waals surface area (Å²) in [5, 5.41) is 6.12. The molecule has 0 bridgehead atoms. The number of ether oxygens (including phenoxy) is 1. The summed E-state index contributed by atoms with van der Waals surface area (Å²) in [7, 11) is 1.69. The largest absolute Gasteiger partial charge is 0.385 e. The molecule has 0 atom stereocenters. The van der Waals surface area contributed by atoms with Crippen LogP contribution < -0.4 is 10.6 Å². The van der Waals surface area contributed by atoms with Crippen LogP contribution >= 0.6 is 0 Å². The van der Waals surface area contributed by atoms with Crippen LogP contribution in [0, 0.1) is 6.92 Å². The molecule has 0 saturated carbocycles. The summed E-state index contributed by atoms with van der Waals surface area (Å²) in [4.78, 5) is 11.7. The summed E-state index contributed by atoms with van der Waals surface area (Å²) in [6, 6.07) is 7.78. The second-order valence-electron chi connectivity index (χ2n) is 4.21. The Morgan fingerprint density at radius 3 is 2.78 bits per heavy atom. The van der Waals surface area contributed by atoms with E-state index in [9.17, 15) is 4.79 Å². The van der Waals surface area contributed by atoms with Crippen LogP contribution in [0.2, 0.25) is 0 Å². The molecular weight excluding hydrogens is 228 g/mol. The number of carbonyl (C=O) groups excluding carboxylic acids is 1. The number of anilines is 1. The van der Waals surface area contributed by atoms with Gasteiger partial charge in [0, 0.05) is 32.4 Å². The van der Waals surface area contributed by atoms with Gasteiger partial charge in [0.15, 0.2) is 0 Å². The fraction of sp³-hybridized carbons (Fsp3) is 0.500. The van der Waals surface area contributed by atoms with Crippen LogP contribution in [0.15, 0.2) is 24.3 Å². The number of aryl methyl sites for hydroxylation is 1. The molecule has 4 nitrogen and oxygen atoms in total. The van der Waals surface area contributed by atoms with Crippen LogP contribution in [0.5, 0.6) is 0 Å². The smallest absolute Gasteiger partial charge is 0.225 e. The number of hydrogen-bond donors (Lipinski definition) is 2. The van der Waals surface area contributed by atoms with Crippen molar-refractivity contribution in [3.63, 3.8) is 0 Å². The maximum Gasteiger partial charge on any atom is 0.225 e. The van der Waals surface area contributed by atoms with Crippen molar-refractivity contribution >= 4 is 11.6 Å². The molecule has 1 rings (SSSR count). The van der Waals surface area contributed by atoms with Crippen molar-refractivity contribution in [2.24, 2.45) is 0 Å². The molecule has 4 heteroatoms. The molecule has 1 aromatic rings. The third-order valence-corrected chi connectivity index (χ3v) is 2.65. The van der Waals surface area contributed by atoms with Gasteiger partial charge in [0.2, 0.25) is 5.91 Å². The summed E-state index contributed by atoms with van der Waals surface area (Å²) in [5.74, 6) is 0.0449. The van der Waals surface area contributed by atoms with Crippen molar-refractivity contribution in [3.8, 4) is 0 Å². The predicted octanol–water partition coefficient (Wildman–Crippen LogP) is 1.95. The lowest BCUT2D eigenvalue weighted by molar-refractivity contribution is -0.116. The third-order valence-electron chi connectivity index (χ3n) is 2.65. The van der Waals surface area contributed by atoms with Crippen molar-refractivity contribution in [1.82, 2.24) is 5.32 Å². The maximum absolute atomic E-state index is 11.7. The molecular formula is C14H22N2O2. The first kappa shape index (κ1) is 14.7. The molecule has 100 valence electrons. The van der Waals surface area contributed by atoms with E-state index in [0.717, 1.165) is 30.8 Å². The minimum atomic E-state index is 0.0449. The van der Waals surface area contributed by atoms with E-state index in [1.165, 1.54) is 0 Å². The van der Waals surface area contributed by atoms with E-state index < -0.39 is 0 Å². The molecule has 0 aliphatic heterocycles. The number of rotatable bonds is 8. The van der Waals surface area contributed by atoms with Crippen LogP contribution in [0.1, 0.15) is 18.4 Å². The van der Waals surface area contributed by atoms with Gasteiger partial charge in [0.1, 0.15) is 0 Å². The number of benzene rings is 1. The second kappa shape index (κ2) is 8.66. The predicted molar refractivity (Wildman–Crippen MR) is 73.8 cm³/mol. The second-order valence-corrected chi connectivity index (χ2v) is 4.21. The topological polar surface area (TPSA) is 50.4 Å². The summed E-state index contributed by atoms with van der Waals surface area (Å²) < 4.78 is 4.94. The molecule has 2 N–H and O–H groups in total. The van der Waals surface area contributed by atoms with E-state index in [4.69, 9.17) is 4.74 Å². The molecule has 1 aromatic carbocycles. The average Bonchev–Trinajstić information content (AvgIpc) is 2.36. The number of carbonyl (C=O) groups is 1. The van der Waals surface area contributed by atoms with Gasteiger partial charge in [-0.3, -0.25) is 4.79 Å². The Morgan fingerprint density at radius 1 is 1.28 bits per heavy atom. The zero-order chi connectivity index (χ0) is 13.2. The Bertz CT molecular complexity index is 367. The van der Waals surface area contributed by atoms with Gasteiger partial charge < -0.3 is 15.4 Å². The molecule has 0 aliphatic carbocycles. The molecule has 18 heavy (non-hydrogen) atoms. The first-order valence-electron chi connectivity index (χ1n) is 6.29. The highest BCUT2D eigenvalue weighted by Crippen LogP contribution is 2.12. The number of methoxy groups -OCH3 is 1. The lowest BCUT2D eigenvalue weighted by atomic mass is 10.2. The van der Waals surface area contributed by atoms with Crippen molar-refractivity contribution in [1.29, 1.82) is 0 Å². The van der Waals surface area contributed by atoms with E-state index in [1.807, 2.05) is 31.2 Å². The minimum Gasteiger partial charge on any atom is -0.385 e. The van der Waals surface area contributed by atoms with Crippen LogP contribution in [0.4, 0.5) is 5.69 Å². The Hall–Kier alpha value is -1.39. The van der Waals surface area contributed by atoms with Gasteiger partial charge in [0.25, 0.3) is 0 Å². The van der Waals surface area contributed by atoms with Gasteiger partial charge in [-0.1, -0.05) is 18.2 Å². The van der Waals surface area contributed by atoms with E-state index in [2.05, 4.69) is 10.6 Å². The Morgan fingerprint density at radius 2 is 2.06 bits per heavy atom. The van der Waals surface area contributed by atoms with Gasteiger partial charge >= 0.3 is 0 Å². The van der Waals surface area contributed by atoms with Crippen molar-refractivity contribution in [2.75, 3.05) is 32.1 Å². The molecule has 0 radical (unpaired) electrons. The molecule has 1 amide bonds. The van der Waals surface area contributed by atoms with Crippen molar-refractivity contribution in [3.05, 3.63) is 29.8 Å². The van der Waals surface area contributed by atoms with E-state index in [1.54, 1.807) is 7.11 Å². The normalized spacial score (nSPS) is 10.3. The fourth-order valence-electron chi connectivity index (χ4n) is 1.59. The number of hydrogen-bond acceptors (Lipinski definition) is 3. The van der Waals surface area contributed by atoms with Crippen LogP contribution in [0.3, 0.4) is 0 Å². The Balaban J connectivity index is 2.16. The van der Waals surface area contributed by atoms with Gasteiger partial charge in [-0.15, -0.1) is 0 Å². The van der Waals surface area contributed by atoms with Gasteiger partial charge in [-0.05, 0) is 31.5 Å². The molecule has 0 saturated heterocycles. The van der Waals surface area contributed by atoms with Crippen LogP contribution in [0.25, 0.3) is 0 Å². The van der Waals surface area contributed by atoms with Crippen LogP contribution in [-0.2, 0) is 9.53 Å². The SMILES string of the molecule is COCCCNCCC(=O)Nc1ccccc1C. The average molecular weight is 250 g/mol. The first-order chi connectivity index (χ1) is 8.74. The highest BCUT2D eigenvalue weighted by atomic mass is 16.5. The molecule has 0 spiro atoms. The lowest BCUT2D eigenvalue weighted by Gasteiger charge is -2.08. The quantitative estimate of drug-likeness (QED) is 0.693. The first-order valence-corrected chi connectivity index (χ1v) is 6.29. The standard InChI is InChI=1S/C14H22N2O2/c1-12-6-3-4-7-13(12)16-14(17)8-10-15-9-5-11-18-2/h3-4,6-7,15H,5,8-11H2,1-2H3,(H,16,17). The van der Waals surface area contributed by atoms with Crippen LogP contribution in [-0.4, -0.2) is 32.7 Å². The fourth-order valence-corrected chi connectivity index (χ4v) is 1.59. The Kier molecular flexibility index (Phi) is 7.06. The summed E-state index contributed by atoms with van der Waals surface area (Å²) in [5.41, 5.74) is 1.97. The summed E-state index contributed by atoms with van der Waals surface area (Å²) >= 11 is 0. The molecule has 0 unspecified atom stereocenters. The van der Waals surface area contributed by atoms with Gasteiger partial charge in [-0.2, -0.15) is 0 Å². The molecule has 0 fully saturated rings. The minimum absolute atomic E-state index is 0.0449. The highest BCUT2D eigenvalue weighted by Gasteiger charge is 2.03. The zero-order valence-corrected chi connectivity index (χ0v) is 11.2. The third kappa shape index (κ3) is 5.80. The number of amides is 1. The molecule has 0 aromatic heterocycles. The Labute approximate surface area is 109 Å². The zero-order valence-electron chi connectivity index (χ0n) is 11.2. The van der Waals surface area contributed by atoms with E-state index >= 15 is 0 Å². The van der Waals surface area contributed by atoms with E-state index in [-0.39, 0.29) is 5.91 Å². The van der Waals surface area contributed by atoms with Gasteiger partial charge in [-0.25, -0.2) is 0 Å². The lowest BCUT2D eigenvalue weighted by Crippen LogP contribution is -2.23. The molecule has 0 heterocycles. The monoisotopic (exact) mass is 250 g/mol. The summed E-state index contributed by atoms with van der Waals surface area (Å²) in [6.45, 7) is 4.31. The maximum atomic E-state index is 11.7. The van der Waals surface area contributed by atoms with Crippen molar-refractivity contribution in [2.45, 2.75) is 19.8 Å². The number of para-hydroxylation sites is 1. The number of nitrogens with one attached hydrogen (secondary N) is 2. The summed E-state index contributed by atoms with van der Waals surface area (Å²) in [6.07, 6.45) is 1.46.